The first-order chi connectivity index (χ1) is 13.4. The van der Waals surface area contributed by atoms with E-state index in [1.54, 1.807) is 6.20 Å². The fourth-order valence-corrected chi connectivity index (χ4v) is 3.61. The summed E-state index contributed by atoms with van der Waals surface area (Å²) in [7, 11) is 0. The summed E-state index contributed by atoms with van der Waals surface area (Å²) in [5.74, 6) is 2.44. The van der Waals surface area contributed by atoms with Crippen LogP contribution in [0.5, 0.6) is 0 Å². The summed E-state index contributed by atoms with van der Waals surface area (Å²) >= 11 is 0. The van der Waals surface area contributed by atoms with E-state index in [1.165, 1.54) is 24.8 Å². The number of hydrogen-bond acceptors (Lipinski definition) is 5. The van der Waals surface area contributed by atoms with Gasteiger partial charge in [-0.1, -0.05) is 36.4 Å². The SMILES string of the molecule is c1ccc(CC2CCN(c3ccnc(NCc4cccnc4)n3)CC2)cc1. The van der Waals surface area contributed by atoms with Gasteiger partial charge in [0.1, 0.15) is 5.82 Å². The summed E-state index contributed by atoms with van der Waals surface area (Å²) in [6, 6.07) is 16.8. The van der Waals surface area contributed by atoms with Gasteiger partial charge >= 0.3 is 0 Å². The van der Waals surface area contributed by atoms with Crippen LogP contribution in [0.25, 0.3) is 0 Å². The molecule has 3 heterocycles. The van der Waals surface area contributed by atoms with Gasteiger partial charge in [0.05, 0.1) is 0 Å². The lowest BCUT2D eigenvalue weighted by atomic mass is 9.90. The predicted octanol–water partition coefficient (Wildman–Crippen LogP) is 3.94. The average Bonchev–Trinajstić information content (AvgIpc) is 2.75. The first-order valence-corrected chi connectivity index (χ1v) is 9.61. The maximum absolute atomic E-state index is 4.70. The summed E-state index contributed by atoms with van der Waals surface area (Å²) in [5.41, 5.74) is 2.56. The van der Waals surface area contributed by atoms with Crippen LogP contribution in [-0.4, -0.2) is 28.0 Å². The van der Waals surface area contributed by atoms with Crippen LogP contribution in [0.3, 0.4) is 0 Å². The normalized spacial score (nSPS) is 14.9. The van der Waals surface area contributed by atoms with E-state index in [9.17, 15) is 0 Å². The molecular weight excluding hydrogens is 334 g/mol. The van der Waals surface area contributed by atoms with Crippen LogP contribution in [0, 0.1) is 5.92 Å². The first kappa shape index (κ1) is 17.5. The fraction of sp³-hybridized carbons (Fsp3) is 0.318. The zero-order chi connectivity index (χ0) is 18.3. The highest BCUT2D eigenvalue weighted by molar-refractivity contribution is 5.43. The standard InChI is InChI=1S/C22H25N5/c1-2-5-18(6-3-1)15-19-9-13-27(14-10-19)21-8-12-24-22(26-21)25-17-20-7-4-11-23-16-20/h1-8,11-12,16,19H,9-10,13-15,17H2,(H,24,25,26). The molecule has 5 nitrogen and oxygen atoms in total. The maximum Gasteiger partial charge on any atom is 0.224 e. The molecule has 0 saturated carbocycles. The summed E-state index contributed by atoms with van der Waals surface area (Å²) < 4.78 is 0. The molecule has 0 unspecified atom stereocenters. The molecule has 27 heavy (non-hydrogen) atoms. The minimum absolute atomic E-state index is 0.669. The Balaban J connectivity index is 1.32. The van der Waals surface area contributed by atoms with Crippen molar-refractivity contribution in [2.75, 3.05) is 23.3 Å². The molecule has 1 saturated heterocycles. The molecule has 1 aromatic carbocycles. The number of nitrogens with one attached hydrogen (secondary N) is 1. The minimum Gasteiger partial charge on any atom is -0.356 e. The molecular formula is C22H25N5. The number of piperidine rings is 1. The van der Waals surface area contributed by atoms with Crippen molar-refractivity contribution in [3.63, 3.8) is 0 Å². The third-order valence-electron chi connectivity index (χ3n) is 5.12. The predicted molar refractivity (Wildman–Crippen MR) is 109 cm³/mol. The van der Waals surface area contributed by atoms with Crippen molar-refractivity contribution in [3.05, 3.63) is 78.2 Å². The van der Waals surface area contributed by atoms with Gasteiger partial charge in [0.25, 0.3) is 0 Å². The summed E-state index contributed by atoms with van der Waals surface area (Å²) in [6.45, 7) is 2.78. The quantitative estimate of drug-likeness (QED) is 0.722. The summed E-state index contributed by atoms with van der Waals surface area (Å²) in [6.07, 6.45) is 9.06. The summed E-state index contributed by atoms with van der Waals surface area (Å²) in [4.78, 5) is 15.6. The van der Waals surface area contributed by atoms with Gasteiger partial charge in [-0.2, -0.15) is 4.98 Å². The van der Waals surface area contributed by atoms with Crippen LogP contribution in [0.4, 0.5) is 11.8 Å². The Bertz CT molecular complexity index is 830. The van der Waals surface area contributed by atoms with Gasteiger partial charge in [0.15, 0.2) is 0 Å². The van der Waals surface area contributed by atoms with Crippen molar-refractivity contribution in [1.29, 1.82) is 0 Å². The number of hydrogen-bond donors (Lipinski definition) is 1. The second-order valence-electron chi connectivity index (χ2n) is 7.07. The van der Waals surface area contributed by atoms with Gasteiger partial charge in [-0.05, 0) is 48.4 Å². The lowest BCUT2D eigenvalue weighted by Crippen LogP contribution is -2.35. The molecule has 138 valence electrons. The third-order valence-corrected chi connectivity index (χ3v) is 5.12. The van der Waals surface area contributed by atoms with Crippen molar-refractivity contribution in [3.8, 4) is 0 Å². The van der Waals surface area contributed by atoms with E-state index in [4.69, 9.17) is 4.98 Å². The Morgan fingerprint density at radius 2 is 1.74 bits per heavy atom. The molecule has 1 aliphatic rings. The van der Waals surface area contributed by atoms with E-state index in [-0.39, 0.29) is 0 Å². The van der Waals surface area contributed by atoms with Crippen LogP contribution < -0.4 is 10.2 Å². The van der Waals surface area contributed by atoms with Gasteiger partial charge < -0.3 is 10.2 Å². The Morgan fingerprint density at radius 3 is 2.52 bits per heavy atom. The molecule has 0 amide bonds. The van der Waals surface area contributed by atoms with Crippen molar-refractivity contribution >= 4 is 11.8 Å². The van der Waals surface area contributed by atoms with Crippen LogP contribution in [0.1, 0.15) is 24.0 Å². The molecule has 1 aliphatic heterocycles. The van der Waals surface area contributed by atoms with Gasteiger partial charge in [-0.25, -0.2) is 4.98 Å². The molecule has 4 rings (SSSR count). The second kappa shape index (κ2) is 8.62. The number of aromatic nitrogens is 3. The second-order valence-corrected chi connectivity index (χ2v) is 7.07. The minimum atomic E-state index is 0.669. The van der Waals surface area contributed by atoms with Crippen molar-refractivity contribution in [2.24, 2.45) is 5.92 Å². The molecule has 5 heteroatoms. The van der Waals surface area contributed by atoms with E-state index in [2.05, 4.69) is 50.5 Å². The maximum atomic E-state index is 4.70. The van der Waals surface area contributed by atoms with Crippen molar-refractivity contribution in [1.82, 2.24) is 15.0 Å². The topological polar surface area (TPSA) is 53.9 Å². The molecule has 0 radical (unpaired) electrons. The summed E-state index contributed by atoms with van der Waals surface area (Å²) in [5, 5.41) is 3.29. The zero-order valence-corrected chi connectivity index (χ0v) is 15.5. The lowest BCUT2D eigenvalue weighted by Gasteiger charge is -2.33. The highest BCUT2D eigenvalue weighted by atomic mass is 15.2. The Morgan fingerprint density at radius 1 is 0.926 bits per heavy atom. The molecule has 0 spiro atoms. The number of nitrogens with zero attached hydrogens (tertiary/aromatic N) is 4. The third kappa shape index (κ3) is 4.82. The molecule has 2 aromatic heterocycles. The molecule has 0 bridgehead atoms. The van der Waals surface area contributed by atoms with Crippen LogP contribution >= 0.6 is 0 Å². The number of benzene rings is 1. The monoisotopic (exact) mass is 359 g/mol. The van der Waals surface area contributed by atoms with E-state index < -0.39 is 0 Å². The number of rotatable bonds is 6. The smallest absolute Gasteiger partial charge is 0.224 e. The van der Waals surface area contributed by atoms with Gasteiger partial charge in [0.2, 0.25) is 5.95 Å². The van der Waals surface area contributed by atoms with Crippen LogP contribution in [0.2, 0.25) is 0 Å². The molecule has 1 N–H and O–H groups in total. The fourth-order valence-electron chi connectivity index (χ4n) is 3.61. The molecule has 1 fully saturated rings. The Kier molecular flexibility index (Phi) is 5.58. The van der Waals surface area contributed by atoms with E-state index in [0.717, 1.165) is 30.4 Å². The van der Waals surface area contributed by atoms with Gasteiger partial charge in [-0.15, -0.1) is 0 Å². The van der Waals surface area contributed by atoms with E-state index in [0.29, 0.717) is 12.5 Å². The average molecular weight is 359 g/mol. The van der Waals surface area contributed by atoms with E-state index in [1.807, 2.05) is 30.6 Å². The van der Waals surface area contributed by atoms with Crippen LogP contribution in [-0.2, 0) is 13.0 Å². The molecule has 0 aliphatic carbocycles. The highest BCUT2D eigenvalue weighted by Crippen LogP contribution is 2.25. The number of anilines is 2. The van der Waals surface area contributed by atoms with Gasteiger partial charge in [0, 0.05) is 38.2 Å². The van der Waals surface area contributed by atoms with Gasteiger partial charge in [-0.3, -0.25) is 4.98 Å². The van der Waals surface area contributed by atoms with Crippen molar-refractivity contribution < 1.29 is 0 Å². The molecule has 0 atom stereocenters. The first-order valence-electron chi connectivity index (χ1n) is 9.61. The van der Waals surface area contributed by atoms with Crippen LogP contribution in [0.15, 0.2) is 67.1 Å². The Hall–Kier alpha value is -2.95. The number of pyridine rings is 1. The van der Waals surface area contributed by atoms with Crippen molar-refractivity contribution in [2.45, 2.75) is 25.8 Å². The Labute approximate surface area is 160 Å². The highest BCUT2D eigenvalue weighted by Gasteiger charge is 2.20. The molecule has 3 aromatic rings. The van der Waals surface area contributed by atoms with E-state index >= 15 is 0 Å². The lowest BCUT2D eigenvalue weighted by molar-refractivity contribution is 0.402. The zero-order valence-electron chi connectivity index (χ0n) is 15.5. The largest absolute Gasteiger partial charge is 0.356 e.